The number of benzene rings is 1. The van der Waals surface area contributed by atoms with Crippen molar-refractivity contribution in [2.45, 2.75) is 13.3 Å². The first-order chi connectivity index (χ1) is 6.74. The Balaban J connectivity index is 2.65. The van der Waals surface area contributed by atoms with Gasteiger partial charge in [0.05, 0.1) is 0 Å². The van der Waals surface area contributed by atoms with Crippen molar-refractivity contribution in [1.29, 1.82) is 0 Å². The molecule has 1 aromatic rings. The normalized spacial score (nSPS) is 11.1. The van der Waals surface area contributed by atoms with Crippen molar-refractivity contribution in [2.75, 3.05) is 13.6 Å². The molecule has 0 aliphatic carbocycles. The van der Waals surface area contributed by atoms with E-state index in [0.29, 0.717) is 0 Å². The smallest absolute Gasteiger partial charge is 0.0181 e. The third-order valence-electron chi connectivity index (χ3n) is 2.10. The van der Waals surface area contributed by atoms with E-state index < -0.39 is 0 Å². The second-order valence-corrected chi connectivity index (χ2v) is 4.21. The van der Waals surface area contributed by atoms with E-state index in [2.05, 4.69) is 58.5 Å². The summed E-state index contributed by atoms with van der Waals surface area (Å²) in [5.41, 5.74) is 2.60. The molecule has 1 N–H and O–H groups in total. The molecule has 0 saturated carbocycles. The highest BCUT2D eigenvalue weighted by Crippen LogP contribution is 2.17. The van der Waals surface area contributed by atoms with Gasteiger partial charge in [0.1, 0.15) is 0 Å². The number of nitrogens with one attached hydrogen (secondary N) is 1. The largest absolute Gasteiger partial charge is 0.319 e. The Morgan fingerprint density at radius 1 is 1.43 bits per heavy atom. The van der Waals surface area contributed by atoms with Crippen LogP contribution in [0.15, 0.2) is 28.7 Å². The van der Waals surface area contributed by atoms with Gasteiger partial charge in [-0.3, -0.25) is 0 Å². The summed E-state index contributed by atoms with van der Waals surface area (Å²) in [5, 5.41) is 3.12. The zero-order chi connectivity index (χ0) is 10.4. The molecule has 0 radical (unpaired) electrons. The minimum absolute atomic E-state index is 1.03. The van der Waals surface area contributed by atoms with E-state index in [1.165, 1.54) is 11.1 Å². The molecule has 1 aromatic carbocycles. The molecule has 1 nitrogen and oxygen atoms in total. The first kappa shape index (κ1) is 11.5. The van der Waals surface area contributed by atoms with E-state index in [9.17, 15) is 0 Å². The Labute approximate surface area is 94.3 Å². The molecule has 0 bridgehead atoms. The van der Waals surface area contributed by atoms with Crippen LogP contribution in [0.2, 0.25) is 0 Å². The lowest BCUT2D eigenvalue weighted by Gasteiger charge is -2.00. The predicted molar refractivity (Wildman–Crippen MR) is 66.5 cm³/mol. The Kier molecular flexibility index (Phi) is 4.91. The summed E-state index contributed by atoms with van der Waals surface area (Å²) in [7, 11) is 1.97. The lowest BCUT2D eigenvalue weighted by Crippen LogP contribution is -2.05. The van der Waals surface area contributed by atoms with Crippen LogP contribution in [-0.2, 0) is 0 Å². The van der Waals surface area contributed by atoms with Crippen LogP contribution in [0.3, 0.4) is 0 Å². The van der Waals surface area contributed by atoms with Crippen molar-refractivity contribution in [3.8, 4) is 0 Å². The Morgan fingerprint density at radius 3 is 2.93 bits per heavy atom. The average Bonchev–Trinajstić information content (AvgIpc) is 2.18. The molecular formula is C12H16BrN. The van der Waals surface area contributed by atoms with E-state index in [4.69, 9.17) is 0 Å². The number of halogens is 1. The molecule has 0 aromatic heterocycles. The number of hydrogen-bond donors (Lipinski definition) is 1. The lowest BCUT2D eigenvalue weighted by atomic mass is 10.1. The van der Waals surface area contributed by atoms with Gasteiger partial charge in [-0.05, 0) is 50.2 Å². The van der Waals surface area contributed by atoms with Crippen molar-refractivity contribution >= 4 is 22.0 Å². The molecule has 0 aliphatic rings. The van der Waals surface area contributed by atoms with Crippen molar-refractivity contribution in [3.05, 3.63) is 39.9 Å². The molecule has 0 fully saturated rings. The first-order valence-corrected chi connectivity index (χ1v) is 5.60. The Bertz CT molecular complexity index is 318. The summed E-state index contributed by atoms with van der Waals surface area (Å²) >= 11 is 3.47. The van der Waals surface area contributed by atoms with Gasteiger partial charge in [0.15, 0.2) is 0 Å². The molecule has 0 aliphatic heterocycles. The van der Waals surface area contributed by atoms with Gasteiger partial charge in [0.25, 0.3) is 0 Å². The van der Waals surface area contributed by atoms with Crippen LogP contribution in [0.25, 0.3) is 6.08 Å². The molecule has 0 heterocycles. The molecule has 1 rings (SSSR count). The number of hydrogen-bond acceptors (Lipinski definition) is 1. The van der Waals surface area contributed by atoms with Crippen LogP contribution in [-0.4, -0.2) is 13.6 Å². The summed E-state index contributed by atoms with van der Waals surface area (Å²) in [4.78, 5) is 0. The van der Waals surface area contributed by atoms with Crippen LogP contribution in [0.5, 0.6) is 0 Å². The standard InChI is InChI=1S/C12H16BrN/c1-10-6-7-12(13)9-11(10)5-3-4-8-14-2/h3,5-7,9,14H,4,8H2,1-2H3. The molecule has 0 amide bonds. The second kappa shape index (κ2) is 5.99. The van der Waals surface area contributed by atoms with Gasteiger partial charge in [0.2, 0.25) is 0 Å². The highest BCUT2D eigenvalue weighted by molar-refractivity contribution is 9.10. The monoisotopic (exact) mass is 253 g/mol. The minimum Gasteiger partial charge on any atom is -0.319 e. The van der Waals surface area contributed by atoms with Crippen LogP contribution < -0.4 is 5.32 Å². The first-order valence-electron chi connectivity index (χ1n) is 4.81. The fourth-order valence-corrected chi connectivity index (χ4v) is 1.61. The zero-order valence-corrected chi connectivity index (χ0v) is 10.3. The van der Waals surface area contributed by atoms with Gasteiger partial charge < -0.3 is 5.32 Å². The van der Waals surface area contributed by atoms with Crippen molar-refractivity contribution in [1.82, 2.24) is 5.32 Å². The fraction of sp³-hybridized carbons (Fsp3) is 0.333. The van der Waals surface area contributed by atoms with Crippen molar-refractivity contribution < 1.29 is 0 Å². The molecule has 14 heavy (non-hydrogen) atoms. The van der Waals surface area contributed by atoms with E-state index in [1.807, 2.05) is 7.05 Å². The van der Waals surface area contributed by atoms with Gasteiger partial charge >= 0.3 is 0 Å². The van der Waals surface area contributed by atoms with Gasteiger partial charge in [-0.2, -0.15) is 0 Å². The van der Waals surface area contributed by atoms with Crippen molar-refractivity contribution in [3.63, 3.8) is 0 Å². The Hall–Kier alpha value is -0.600. The van der Waals surface area contributed by atoms with Crippen LogP contribution in [0.4, 0.5) is 0 Å². The fourth-order valence-electron chi connectivity index (χ4n) is 1.23. The summed E-state index contributed by atoms with van der Waals surface area (Å²) in [5.74, 6) is 0. The summed E-state index contributed by atoms with van der Waals surface area (Å²) < 4.78 is 1.14. The molecule has 2 heteroatoms. The van der Waals surface area contributed by atoms with E-state index in [-0.39, 0.29) is 0 Å². The van der Waals surface area contributed by atoms with Gasteiger partial charge in [-0.25, -0.2) is 0 Å². The van der Waals surface area contributed by atoms with E-state index in [1.54, 1.807) is 0 Å². The predicted octanol–water partition coefficient (Wildman–Crippen LogP) is 3.38. The van der Waals surface area contributed by atoms with Gasteiger partial charge in [-0.15, -0.1) is 0 Å². The summed E-state index contributed by atoms with van der Waals surface area (Å²) in [6.45, 7) is 3.16. The van der Waals surface area contributed by atoms with Crippen LogP contribution >= 0.6 is 15.9 Å². The molecular weight excluding hydrogens is 238 g/mol. The maximum absolute atomic E-state index is 3.47. The van der Waals surface area contributed by atoms with E-state index >= 15 is 0 Å². The van der Waals surface area contributed by atoms with Crippen molar-refractivity contribution in [2.24, 2.45) is 0 Å². The molecule has 76 valence electrons. The molecule has 0 atom stereocenters. The maximum Gasteiger partial charge on any atom is 0.0181 e. The highest BCUT2D eigenvalue weighted by Gasteiger charge is 1.94. The highest BCUT2D eigenvalue weighted by atomic mass is 79.9. The van der Waals surface area contributed by atoms with Crippen LogP contribution in [0.1, 0.15) is 17.5 Å². The minimum atomic E-state index is 1.03. The maximum atomic E-state index is 3.47. The Morgan fingerprint density at radius 2 is 2.21 bits per heavy atom. The molecule has 0 spiro atoms. The molecule has 0 unspecified atom stereocenters. The number of aryl methyl sites for hydroxylation is 1. The average molecular weight is 254 g/mol. The third kappa shape index (κ3) is 3.64. The molecule has 0 saturated heterocycles. The SMILES string of the molecule is CNCCC=Cc1cc(Br)ccc1C. The zero-order valence-electron chi connectivity index (χ0n) is 8.68. The topological polar surface area (TPSA) is 12.0 Å². The third-order valence-corrected chi connectivity index (χ3v) is 2.59. The quantitative estimate of drug-likeness (QED) is 0.812. The summed E-state index contributed by atoms with van der Waals surface area (Å²) in [6, 6.07) is 6.34. The summed E-state index contributed by atoms with van der Waals surface area (Å²) in [6.07, 6.45) is 5.45. The van der Waals surface area contributed by atoms with Gasteiger partial charge in [0, 0.05) is 4.47 Å². The number of rotatable bonds is 4. The second-order valence-electron chi connectivity index (χ2n) is 3.30. The van der Waals surface area contributed by atoms with E-state index in [0.717, 1.165) is 17.4 Å². The van der Waals surface area contributed by atoms with Crippen LogP contribution in [0, 0.1) is 6.92 Å². The van der Waals surface area contributed by atoms with Gasteiger partial charge in [-0.1, -0.05) is 34.1 Å². The lowest BCUT2D eigenvalue weighted by molar-refractivity contribution is 0.809.